The molecule has 0 saturated carbocycles. The molecule has 0 fully saturated rings. The first kappa shape index (κ1) is 20.5. The highest BCUT2D eigenvalue weighted by atomic mass is 79.9. The normalized spacial score (nSPS) is 12.5. The van der Waals surface area contributed by atoms with Crippen LogP contribution in [0, 0.1) is 0 Å². The number of aromatic nitrogens is 2. The Kier molecular flexibility index (Phi) is 6.08. The van der Waals surface area contributed by atoms with Crippen LogP contribution in [0.2, 0.25) is 0 Å². The lowest BCUT2D eigenvalue weighted by molar-refractivity contribution is 0.102. The van der Waals surface area contributed by atoms with Crippen molar-refractivity contribution in [3.05, 3.63) is 58.5 Å². The highest BCUT2D eigenvalue weighted by Crippen LogP contribution is 2.37. The largest absolute Gasteiger partial charge is 0.493 e. The molecule has 1 aliphatic rings. The quantitative estimate of drug-likeness (QED) is 0.509. The van der Waals surface area contributed by atoms with Gasteiger partial charge in [0.2, 0.25) is 0 Å². The number of carbonyl (C=O) groups excluding carboxylic acids is 1. The molecule has 1 aromatic heterocycles. The summed E-state index contributed by atoms with van der Waals surface area (Å²) in [5.41, 5.74) is 3.21. The Bertz CT molecular complexity index is 1040. The first-order valence-electron chi connectivity index (χ1n) is 10.1. The number of hydrogen-bond donors (Lipinski definition) is 1. The fourth-order valence-corrected chi connectivity index (χ4v) is 4.07. The molecule has 4 rings (SSSR count). The fourth-order valence-electron chi connectivity index (χ4n) is 3.52. The lowest BCUT2D eigenvalue weighted by Gasteiger charge is -2.14. The molecular weight excluding hydrogens is 446 g/mol. The van der Waals surface area contributed by atoms with E-state index in [1.807, 2.05) is 31.2 Å². The number of nitrogens with one attached hydrogen (secondary N) is 1. The van der Waals surface area contributed by atoms with Crippen LogP contribution in [0.4, 0.5) is 5.69 Å². The number of carbonyl (C=O) groups is 1. The number of ether oxygens (including phenoxy) is 2. The van der Waals surface area contributed by atoms with Crippen LogP contribution < -0.4 is 14.8 Å². The molecule has 0 atom stereocenters. The molecule has 30 heavy (non-hydrogen) atoms. The molecule has 0 unspecified atom stereocenters. The van der Waals surface area contributed by atoms with E-state index in [1.165, 1.54) is 6.42 Å². The molecule has 156 valence electrons. The monoisotopic (exact) mass is 469 g/mol. The van der Waals surface area contributed by atoms with E-state index in [-0.39, 0.29) is 5.91 Å². The molecule has 1 N–H and O–H groups in total. The maximum absolute atomic E-state index is 12.8. The summed E-state index contributed by atoms with van der Waals surface area (Å²) < 4.78 is 14.0. The average Bonchev–Trinajstić information content (AvgIpc) is 3.35. The predicted molar refractivity (Wildman–Crippen MR) is 120 cm³/mol. The SMILES string of the molecule is CCCOc1c(Br)cc(C(=O)Nc2ccc(-c3cn4c(n3)CCC4)cc2)cc1OC. The van der Waals surface area contributed by atoms with Gasteiger partial charge in [0.25, 0.3) is 5.91 Å². The number of imidazole rings is 1. The second kappa shape index (κ2) is 8.92. The Morgan fingerprint density at radius 2 is 2.07 bits per heavy atom. The van der Waals surface area contributed by atoms with Gasteiger partial charge in [0, 0.05) is 36.0 Å². The number of methoxy groups -OCH3 is 1. The number of nitrogens with zero attached hydrogens (tertiary/aromatic N) is 2. The number of benzene rings is 2. The lowest BCUT2D eigenvalue weighted by Crippen LogP contribution is -2.12. The highest BCUT2D eigenvalue weighted by Gasteiger charge is 2.17. The van der Waals surface area contributed by atoms with Crippen LogP contribution in [0.25, 0.3) is 11.3 Å². The van der Waals surface area contributed by atoms with Gasteiger partial charge in [-0.2, -0.15) is 0 Å². The van der Waals surface area contributed by atoms with Crippen molar-refractivity contribution in [3.63, 3.8) is 0 Å². The summed E-state index contributed by atoms with van der Waals surface area (Å²) in [6.45, 7) is 3.65. The van der Waals surface area contributed by atoms with E-state index in [4.69, 9.17) is 14.5 Å². The summed E-state index contributed by atoms with van der Waals surface area (Å²) in [6, 6.07) is 11.2. The van der Waals surface area contributed by atoms with Crippen molar-refractivity contribution in [1.29, 1.82) is 0 Å². The molecule has 1 aliphatic heterocycles. The molecule has 1 amide bonds. The Morgan fingerprint density at radius 1 is 1.27 bits per heavy atom. The first-order valence-corrected chi connectivity index (χ1v) is 10.9. The second-order valence-electron chi connectivity index (χ2n) is 7.21. The molecule has 2 heterocycles. The molecule has 3 aromatic rings. The van der Waals surface area contributed by atoms with Crippen LogP contribution in [0.3, 0.4) is 0 Å². The maximum Gasteiger partial charge on any atom is 0.255 e. The third-order valence-electron chi connectivity index (χ3n) is 5.04. The van der Waals surface area contributed by atoms with E-state index in [2.05, 4.69) is 32.0 Å². The number of hydrogen-bond acceptors (Lipinski definition) is 4. The van der Waals surface area contributed by atoms with Crippen LogP contribution in [0.5, 0.6) is 11.5 Å². The topological polar surface area (TPSA) is 65.4 Å². The van der Waals surface area contributed by atoms with E-state index in [1.54, 1.807) is 19.2 Å². The van der Waals surface area contributed by atoms with E-state index in [0.717, 1.165) is 42.2 Å². The third-order valence-corrected chi connectivity index (χ3v) is 5.63. The number of rotatable bonds is 7. The van der Waals surface area contributed by atoms with Gasteiger partial charge in [0.1, 0.15) is 5.82 Å². The smallest absolute Gasteiger partial charge is 0.255 e. The van der Waals surface area contributed by atoms with E-state index >= 15 is 0 Å². The third kappa shape index (κ3) is 4.21. The Labute approximate surface area is 184 Å². The van der Waals surface area contributed by atoms with E-state index in [9.17, 15) is 4.79 Å². The molecule has 2 aromatic carbocycles. The van der Waals surface area contributed by atoms with Gasteiger partial charge in [0.15, 0.2) is 11.5 Å². The minimum atomic E-state index is -0.218. The number of anilines is 1. The fraction of sp³-hybridized carbons (Fsp3) is 0.304. The van der Waals surface area contributed by atoms with Crippen LogP contribution in [-0.4, -0.2) is 29.2 Å². The zero-order valence-electron chi connectivity index (χ0n) is 17.1. The van der Waals surface area contributed by atoms with Crippen molar-refractivity contribution in [2.24, 2.45) is 0 Å². The van der Waals surface area contributed by atoms with Gasteiger partial charge in [-0.05, 0) is 53.0 Å². The van der Waals surface area contributed by atoms with Gasteiger partial charge in [-0.15, -0.1) is 0 Å². The molecule has 6 nitrogen and oxygen atoms in total. The van der Waals surface area contributed by atoms with Gasteiger partial charge < -0.3 is 19.4 Å². The standard InChI is InChI=1S/C23H24BrN3O3/c1-3-11-30-22-18(24)12-16(13-20(22)29-2)23(28)25-17-8-6-15(7-9-17)19-14-27-10-4-5-21(27)26-19/h6-9,12-14H,3-5,10-11H2,1-2H3,(H,25,28). The van der Waals surface area contributed by atoms with Gasteiger partial charge in [-0.1, -0.05) is 19.1 Å². The lowest BCUT2D eigenvalue weighted by atomic mass is 10.1. The molecular formula is C23H24BrN3O3. The molecule has 0 bridgehead atoms. The van der Waals surface area contributed by atoms with E-state index in [0.29, 0.717) is 28.1 Å². The van der Waals surface area contributed by atoms with Crippen LogP contribution in [0.15, 0.2) is 47.1 Å². The summed E-state index contributed by atoms with van der Waals surface area (Å²) in [5, 5.41) is 2.94. The second-order valence-corrected chi connectivity index (χ2v) is 8.06. The van der Waals surface area contributed by atoms with Crippen molar-refractivity contribution in [2.75, 3.05) is 19.0 Å². The van der Waals surface area contributed by atoms with Crippen molar-refractivity contribution in [2.45, 2.75) is 32.7 Å². The Hall–Kier alpha value is -2.80. The predicted octanol–water partition coefficient (Wildman–Crippen LogP) is 5.31. The zero-order valence-corrected chi connectivity index (χ0v) is 18.7. The molecule has 7 heteroatoms. The number of halogens is 1. The highest BCUT2D eigenvalue weighted by molar-refractivity contribution is 9.10. The summed E-state index contributed by atoms with van der Waals surface area (Å²) in [4.78, 5) is 17.5. The van der Waals surface area contributed by atoms with Crippen LogP contribution in [-0.2, 0) is 13.0 Å². The minimum absolute atomic E-state index is 0.218. The minimum Gasteiger partial charge on any atom is -0.493 e. The molecule has 0 saturated heterocycles. The summed E-state index contributed by atoms with van der Waals surface area (Å²) in [5.74, 6) is 2.05. The first-order chi connectivity index (χ1) is 14.6. The number of amides is 1. The van der Waals surface area contributed by atoms with Crippen molar-refractivity contribution in [1.82, 2.24) is 9.55 Å². The van der Waals surface area contributed by atoms with Crippen LogP contribution >= 0.6 is 15.9 Å². The van der Waals surface area contributed by atoms with Gasteiger partial charge in [-0.3, -0.25) is 4.79 Å². The number of fused-ring (bicyclic) bond motifs is 1. The zero-order chi connectivity index (χ0) is 21.1. The van der Waals surface area contributed by atoms with Gasteiger partial charge >= 0.3 is 0 Å². The maximum atomic E-state index is 12.8. The Morgan fingerprint density at radius 3 is 2.77 bits per heavy atom. The molecule has 0 aliphatic carbocycles. The Balaban J connectivity index is 1.48. The summed E-state index contributed by atoms with van der Waals surface area (Å²) in [6.07, 6.45) is 5.19. The summed E-state index contributed by atoms with van der Waals surface area (Å²) >= 11 is 3.48. The molecule has 0 radical (unpaired) electrons. The van der Waals surface area contributed by atoms with Crippen molar-refractivity contribution in [3.8, 4) is 22.8 Å². The van der Waals surface area contributed by atoms with Gasteiger partial charge in [0.05, 0.1) is 23.9 Å². The van der Waals surface area contributed by atoms with Gasteiger partial charge in [-0.25, -0.2) is 4.98 Å². The van der Waals surface area contributed by atoms with Crippen molar-refractivity contribution < 1.29 is 14.3 Å². The average molecular weight is 470 g/mol. The molecule has 0 spiro atoms. The number of aryl methyl sites for hydroxylation is 2. The summed E-state index contributed by atoms with van der Waals surface area (Å²) in [7, 11) is 1.56. The van der Waals surface area contributed by atoms with Crippen LogP contribution in [0.1, 0.15) is 35.9 Å². The van der Waals surface area contributed by atoms with E-state index < -0.39 is 0 Å². The van der Waals surface area contributed by atoms with Crippen molar-refractivity contribution >= 4 is 27.5 Å².